The maximum Gasteiger partial charge on any atom is 0.255 e. The van der Waals surface area contributed by atoms with Gasteiger partial charge in [-0.25, -0.2) is 4.98 Å². The molecule has 0 spiro atoms. The van der Waals surface area contributed by atoms with Crippen molar-refractivity contribution in [1.82, 2.24) is 30.0 Å². The highest BCUT2D eigenvalue weighted by Crippen LogP contribution is 2.39. The molecule has 0 aliphatic carbocycles. The Morgan fingerprint density at radius 3 is 2.48 bits per heavy atom. The first-order valence-corrected chi connectivity index (χ1v) is 23.8. The lowest BCUT2D eigenvalue weighted by Gasteiger charge is -2.43. The first kappa shape index (κ1) is 42.2. The summed E-state index contributed by atoms with van der Waals surface area (Å²) < 4.78 is 18.7. The Morgan fingerprint density at radius 2 is 1.72 bits per heavy atom. The molecule has 61 heavy (non-hydrogen) atoms. The fourth-order valence-corrected chi connectivity index (χ4v) is 10.0. The Labute approximate surface area is 361 Å². The number of hydrogen-bond acceptors (Lipinski definition) is 12. The van der Waals surface area contributed by atoms with Crippen molar-refractivity contribution in [1.29, 1.82) is 0 Å². The van der Waals surface area contributed by atoms with Crippen molar-refractivity contribution < 1.29 is 23.7 Å². The molecular weight excluding hydrogens is 813 g/mol. The van der Waals surface area contributed by atoms with E-state index in [1.165, 1.54) is 6.20 Å². The molecule has 1 atom stereocenters. The van der Waals surface area contributed by atoms with Crippen LogP contribution in [0.4, 0.5) is 28.8 Å². The van der Waals surface area contributed by atoms with Gasteiger partial charge in [-0.1, -0.05) is 41.6 Å². The van der Waals surface area contributed by atoms with Gasteiger partial charge >= 0.3 is 0 Å². The zero-order chi connectivity index (χ0) is 42.7. The lowest BCUT2D eigenvalue weighted by molar-refractivity contribution is -0.136. The Morgan fingerprint density at radius 1 is 0.934 bits per heavy atom. The average molecular weight is 864 g/mol. The molecule has 3 N–H and O–H groups in total. The number of halogens is 1. The number of nitrogens with zero attached hydrogens (tertiary/aromatic N) is 6. The predicted octanol–water partition coefficient (Wildman–Crippen LogP) is 5.66. The molecule has 318 valence electrons. The molecule has 0 radical (unpaired) electrons. The summed E-state index contributed by atoms with van der Waals surface area (Å²) in [6.45, 7) is 10.7. The van der Waals surface area contributed by atoms with Crippen molar-refractivity contribution in [2.75, 3.05) is 81.8 Å². The highest BCUT2D eigenvalue weighted by Gasteiger charge is 2.39. The van der Waals surface area contributed by atoms with Crippen molar-refractivity contribution in [2.24, 2.45) is 0 Å². The van der Waals surface area contributed by atoms with Crippen LogP contribution in [0.25, 0.3) is 0 Å². The highest BCUT2D eigenvalue weighted by atomic mass is 35.5. The zero-order valence-corrected chi connectivity index (χ0v) is 36.4. The number of imide groups is 1. The van der Waals surface area contributed by atoms with E-state index < -0.39 is 19.1 Å². The number of para-hydroxylation sites is 1. The largest absolute Gasteiger partial charge is 0.494 e. The summed E-state index contributed by atoms with van der Waals surface area (Å²) in [6, 6.07) is 19.1. The SMILES string of the molecule is COc1cc(N2CCC(N3CCN(CCC#Cc4cccc5c4CN(C4CCC(=O)NC4=O)C5=O)CC3)CC2)ccc1Nc1ncc(Cl)c(Nc2ccccc2P(C)(C)=O)n1. The number of fused-ring (bicyclic) bond motifs is 1. The minimum atomic E-state index is -2.55. The van der Waals surface area contributed by atoms with E-state index in [0.717, 1.165) is 92.9 Å². The van der Waals surface area contributed by atoms with Gasteiger partial charge in [-0.05, 0) is 74.6 Å². The molecule has 1 aromatic heterocycles. The standard InChI is InChI=1S/C45H51ClN9O5P/c1-60-39-27-32(14-15-36(39)49-45-47-28-35(46)42(51-45)48-37-12-4-5-13-40(37)61(2,3)59)53-21-18-31(19-22-53)54-25-23-52(24-26-54)20-7-6-9-30-10-8-11-33-34(30)29-55(44(33)58)38-16-17-41(56)50-43(38)57/h4-5,8,10-15,27-28,31,38H,7,16-26,29H2,1-3H3,(H,50,56,57)(H2,47,48,49,51). The summed E-state index contributed by atoms with van der Waals surface area (Å²) in [5.74, 6) is 7.19. The van der Waals surface area contributed by atoms with E-state index in [1.807, 2.05) is 42.5 Å². The van der Waals surface area contributed by atoms with Gasteiger partial charge in [0, 0.05) is 99.4 Å². The summed E-state index contributed by atoms with van der Waals surface area (Å²) in [5.41, 5.74) is 4.78. The van der Waals surface area contributed by atoms with Crippen LogP contribution in [0.15, 0.2) is 66.9 Å². The molecular formula is C45H51ClN9O5P. The van der Waals surface area contributed by atoms with Crippen molar-refractivity contribution in [3.05, 3.63) is 88.6 Å². The Hall–Kier alpha value is -5.45. The summed E-state index contributed by atoms with van der Waals surface area (Å²) in [7, 11) is -0.894. The van der Waals surface area contributed by atoms with Gasteiger partial charge in [0.15, 0.2) is 5.82 Å². The van der Waals surface area contributed by atoms with Crippen LogP contribution in [0, 0.1) is 11.8 Å². The van der Waals surface area contributed by atoms with E-state index in [2.05, 4.69) is 64.6 Å². The molecule has 1 unspecified atom stereocenters. The number of benzene rings is 3. The number of piperazine rings is 1. The third-order valence-electron chi connectivity index (χ3n) is 12.0. The Balaban J connectivity index is 0.801. The smallest absolute Gasteiger partial charge is 0.255 e. The number of rotatable bonds is 11. The molecule has 5 heterocycles. The zero-order valence-electron chi connectivity index (χ0n) is 34.7. The van der Waals surface area contributed by atoms with Crippen LogP contribution in [0.5, 0.6) is 5.75 Å². The normalized spacial score (nSPS) is 19.0. The van der Waals surface area contributed by atoms with Crippen molar-refractivity contribution in [3.8, 4) is 17.6 Å². The molecule has 3 saturated heterocycles. The summed E-state index contributed by atoms with van der Waals surface area (Å²) in [6.07, 6.45) is 5.01. The van der Waals surface area contributed by atoms with E-state index in [4.69, 9.17) is 16.3 Å². The lowest BCUT2D eigenvalue weighted by atomic mass is 10.0. The quantitative estimate of drug-likeness (QED) is 0.0970. The topological polar surface area (TPSA) is 152 Å². The minimum absolute atomic E-state index is 0.180. The van der Waals surface area contributed by atoms with Crippen molar-refractivity contribution >= 4 is 70.6 Å². The molecule has 8 rings (SSSR count). The van der Waals surface area contributed by atoms with Crippen LogP contribution in [-0.2, 0) is 20.7 Å². The highest BCUT2D eigenvalue weighted by molar-refractivity contribution is 7.70. The van der Waals surface area contributed by atoms with E-state index in [-0.39, 0.29) is 18.2 Å². The number of ether oxygens (including phenoxy) is 1. The van der Waals surface area contributed by atoms with Crippen LogP contribution < -0.4 is 30.9 Å². The van der Waals surface area contributed by atoms with Crippen LogP contribution in [0.3, 0.4) is 0 Å². The second kappa shape index (κ2) is 18.3. The number of carbonyl (C=O) groups excluding carboxylic acids is 3. The van der Waals surface area contributed by atoms with Gasteiger partial charge in [0.05, 0.1) is 24.7 Å². The van der Waals surface area contributed by atoms with Gasteiger partial charge in [-0.3, -0.25) is 29.5 Å². The molecule has 3 fully saturated rings. The number of methoxy groups -OCH3 is 1. The Bertz CT molecular complexity index is 2430. The number of carbonyl (C=O) groups is 3. The van der Waals surface area contributed by atoms with Crippen LogP contribution in [0.1, 0.15) is 53.6 Å². The van der Waals surface area contributed by atoms with E-state index >= 15 is 0 Å². The van der Waals surface area contributed by atoms with E-state index in [9.17, 15) is 18.9 Å². The fraction of sp³-hybridized carbons (Fsp3) is 0.400. The maximum atomic E-state index is 13.2. The third kappa shape index (κ3) is 9.56. The first-order valence-electron chi connectivity index (χ1n) is 20.8. The van der Waals surface area contributed by atoms with E-state index in [1.54, 1.807) is 31.4 Å². The number of aromatic nitrogens is 2. The van der Waals surface area contributed by atoms with Gasteiger partial charge in [0.2, 0.25) is 17.8 Å². The molecule has 4 aliphatic rings. The second-order valence-corrected chi connectivity index (χ2v) is 19.9. The van der Waals surface area contributed by atoms with Crippen LogP contribution in [0.2, 0.25) is 5.02 Å². The molecule has 3 aromatic carbocycles. The maximum absolute atomic E-state index is 13.2. The van der Waals surface area contributed by atoms with Gasteiger partial charge in [0.1, 0.15) is 24.0 Å². The molecule has 4 aliphatic heterocycles. The molecule has 0 bridgehead atoms. The van der Waals surface area contributed by atoms with E-state index in [0.29, 0.717) is 52.8 Å². The summed E-state index contributed by atoms with van der Waals surface area (Å²) in [4.78, 5) is 55.4. The van der Waals surface area contributed by atoms with Crippen molar-refractivity contribution in [2.45, 2.75) is 50.7 Å². The van der Waals surface area contributed by atoms with Gasteiger partial charge in [0.25, 0.3) is 5.91 Å². The number of amides is 3. The van der Waals surface area contributed by atoms with Gasteiger partial charge in [-0.2, -0.15) is 4.98 Å². The molecule has 14 nitrogen and oxygen atoms in total. The van der Waals surface area contributed by atoms with Crippen LogP contribution in [-0.4, -0.2) is 121 Å². The molecule has 0 saturated carbocycles. The first-order chi connectivity index (χ1) is 29.4. The number of piperidine rings is 2. The van der Waals surface area contributed by atoms with Crippen LogP contribution >= 0.6 is 18.7 Å². The number of nitrogens with one attached hydrogen (secondary N) is 3. The fourth-order valence-electron chi connectivity index (χ4n) is 8.71. The minimum Gasteiger partial charge on any atom is -0.494 e. The summed E-state index contributed by atoms with van der Waals surface area (Å²) in [5, 5.41) is 9.96. The second-order valence-electron chi connectivity index (χ2n) is 16.3. The van der Waals surface area contributed by atoms with Crippen molar-refractivity contribution in [3.63, 3.8) is 0 Å². The lowest BCUT2D eigenvalue weighted by Crippen LogP contribution is -2.53. The number of hydrogen-bond donors (Lipinski definition) is 3. The molecule has 3 amide bonds. The Kier molecular flexibility index (Phi) is 12.6. The predicted molar refractivity (Wildman–Crippen MR) is 239 cm³/mol. The average Bonchev–Trinajstić information content (AvgIpc) is 3.60. The monoisotopic (exact) mass is 863 g/mol. The summed E-state index contributed by atoms with van der Waals surface area (Å²) >= 11 is 6.48. The molecule has 16 heteroatoms. The van der Waals surface area contributed by atoms with Gasteiger partial charge in [-0.15, -0.1) is 0 Å². The van der Waals surface area contributed by atoms with Gasteiger partial charge < -0.3 is 29.7 Å². The molecule has 4 aromatic rings. The third-order valence-corrected chi connectivity index (χ3v) is 13.9. The number of anilines is 5.